The Kier molecular flexibility index (Phi) is 3.76. The van der Waals surface area contributed by atoms with E-state index in [-0.39, 0.29) is 12.8 Å². The number of carbonyl (C=O) groups is 1. The Morgan fingerprint density at radius 3 is 2.94 bits per heavy atom. The Morgan fingerprint density at radius 2 is 2.22 bits per heavy atom. The van der Waals surface area contributed by atoms with Crippen LogP contribution in [0.2, 0.25) is 0 Å². The number of hydrogen-bond acceptors (Lipinski definition) is 4. The molecule has 18 heavy (non-hydrogen) atoms. The molecule has 2 rings (SSSR count). The molecule has 1 aromatic carbocycles. The van der Waals surface area contributed by atoms with Crippen molar-refractivity contribution in [3.63, 3.8) is 0 Å². The monoisotopic (exact) mass is 310 g/mol. The molecule has 0 aliphatic rings. The van der Waals surface area contributed by atoms with Gasteiger partial charge in [-0.2, -0.15) is 0 Å². The lowest BCUT2D eigenvalue weighted by molar-refractivity contribution is -0.137. The maximum atomic E-state index is 10.5. The number of carboxylic acids is 1. The molecule has 0 unspecified atom stereocenters. The molecule has 0 saturated heterocycles. The van der Waals surface area contributed by atoms with Crippen LogP contribution in [0.1, 0.15) is 17.9 Å². The van der Waals surface area contributed by atoms with Crippen molar-refractivity contribution in [1.29, 1.82) is 0 Å². The number of aliphatic carboxylic acids is 1. The number of aromatic nitrogens is 2. The minimum Gasteiger partial charge on any atom is -0.481 e. The highest BCUT2D eigenvalue weighted by atomic mass is 79.9. The fourth-order valence-corrected chi connectivity index (χ4v) is 1.90. The summed E-state index contributed by atoms with van der Waals surface area (Å²) in [6.45, 7) is 1.97. The van der Waals surface area contributed by atoms with Gasteiger partial charge in [0, 0.05) is 10.9 Å². The van der Waals surface area contributed by atoms with Crippen LogP contribution in [0.15, 0.2) is 27.1 Å². The summed E-state index contributed by atoms with van der Waals surface area (Å²) in [5, 5.41) is 16.3. The van der Waals surface area contributed by atoms with E-state index in [0.717, 1.165) is 15.6 Å². The van der Waals surface area contributed by atoms with Gasteiger partial charge in [0.2, 0.25) is 11.8 Å². The molecular formula is C12H11BrN2O3. The highest BCUT2D eigenvalue weighted by molar-refractivity contribution is 9.10. The molecule has 1 aromatic heterocycles. The molecule has 2 aromatic rings. The topological polar surface area (TPSA) is 76.2 Å². The van der Waals surface area contributed by atoms with Crippen LogP contribution in [0.3, 0.4) is 0 Å². The quantitative estimate of drug-likeness (QED) is 0.939. The lowest BCUT2D eigenvalue weighted by Crippen LogP contribution is -1.97. The van der Waals surface area contributed by atoms with Crippen molar-refractivity contribution in [3.05, 3.63) is 34.1 Å². The summed E-state index contributed by atoms with van der Waals surface area (Å²) in [5.74, 6) is -0.154. The highest BCUT2D eigenvalue weighted by Gasteiger charge is 2.12. The minimum atomic E-state index is -0.883. The maximum Gasteiger partial charge on any atom is 0.303 e. The number of carboxylic acid groups (broad SMARTS) is 1. The second-order valence-corrected chi connectivity index (χ2v) is 4.73. The van der Waals surface area contributed by atoms with E-state index < -0.39 is 5.97 Å². The summed E-state index contributed by atoms with van der Waals surface area (Å²) >= 11 is 3.42. The molecule has 1 heterocycles. The first-order chi connectivity index (χ1) is 8.56. The zero-order chi connectivity index (χ0) is 13.1. The third-order valence-electron chi connectivity index (χ3n) is 2.37. The van der Waals surface area contributed by atoms with Gasteiger partial charge in [0.05, 0.1) is 12.0 Å². The standard InChI is InChI=1S/C12H11BrN2O3/c1-7-2-3-9(13)8(6-7)12-15-14-10(18-12)4-5-11(16)17/h2-3,6H,4-5H2,1H3,(H,16,17). The van der Waals surface area contributed by atoms with Crippen LogP contribution in [-0.2, 0) is 11.2 Å². The fourth-order valence-electron chi connectivity index (χ4n) is 1.48. The van der Waals surface area contributed by atoms with Crippen LogP contribution in [0.4, 0.5) is 0 Å². The van der Waals surface area contributed by atoms with Crippen molar-refractivity contribution in [2.24, 2.45) is 0 Å². The van der Waals surface area contributed by atoms with E-state index in [2.05, 4.69) is 26.1 Å². The largest absolute Gasteiger partial charge is 0.481 e. The maximum absolute atomic E-state index is 10.5. The molecule has 0 aliphatic heterocycles. The van der Waals surface area contributed by atoms with E-state index in [1.165, 1.54) is 0 Å². The molecule has 0 fully saturated rings. The highest BCUT2D eigenvalue weighted by Crippen LogP contribution is 2.28. The molecule has 5 nitrogen and oxygen atoms in total. The zero-order valence-corrected chi connectivity index (χ0v) is 11.3. The number of hydrogen-bond donors (Lipinski definition) is 1. The van der Waals surface area contributed by atoms with Gasteiger partial charge in [-0.15, -0.1) is 10.2 Å². The van der Waals surface area contributed by atoms with Crippen LogP contribution >= 0.6 is 15.9 Å². The molecule has 94 valence electrons. The SMILES string of the molecule is Cc1ccc(Br)c(-c2nnc(CCC(=O)O)o2)c1. The van der Waals surface area contributed by atoms with E-state index >= 15 is 0 Å². The Hall–Kier alpha value is -1.69. The molecule has 0 bridgehead atoms. The number of nitrogens with zero attached hydrogens (tertiary/aromatic N) is 2. The molecule has 6 heteroatoms. The van der Waals surface area contributed by atoms with Gasteiger partial charge in [-0.05, 0) is 35.0 Å². The molecule has 0 saturated carbocycles. The molecule has 0 aliphatic carbocycles. The molecule has 1 N–H and O–H groups in total. The second-order valence-electron chi connectivity index (χ2n) is 3.88. The van der Waals surface area contributed by atoms with Crippen LogP contribution in [0.25, 0.3) is 11.5 Å². The van der Waals surface area contributed by atoms with Gasteiger partial charge in [-0.1, -0.05) is 11.6 Å². The smallest absolute Gasteiger partial charge is 0.303 e. The first-order valence-corrected chi connectivity index (χ1v) is 6.16. The number of halogens is 1. The lowest BCUT2D eigenvalue weighted by Gasteiger charge is -2.00. The average Bonchev–Trinajstić information content (AvgIpc) is 2.78. The molecular weight excluding hydrogens is 300 g/mol. The first-order valence-electron chi connectivity index (χ1n) is 5.37. The van der Waals surface area contributed by atoms with Gasteiger partial charge < -0.3 is 9.52 Å². The molecule has 0 radical (unpaired) electrons. The molecule has 0 atom stereocenters. The Morgan fingerprint density at radius 1 is 1.44 bits per heavy atom. The molecule has 0 amide bonds. The number of benzene rings is 1. The van der Waals surface area contributed by atoms with E-state index in [4.69, 9.17) is 9.52 Å². The summed E-state index contributed by atoms with van der Waals surface area (Å²) in [6, 6.07) is 5.81. The van der Waals surface area contributed by atoms with Gasteiger partial charge in [0.1, 0.15) is 0 Å². The predicted octanol–water partition coefficient (Wildman–Crippen LogP) is 2.82. The third-order valence-corrected chi connectivity index (χ3v) is 3.06. The van der Waals surface area contributed by atoms with Gasteiger partial charge in [-0.3, -0.25) is 4.79 Å². The Bertz CT molecular complexity index is 580. The van der Waals surface area contributed by atoms with E-state index in [9.17, 15) is 4.79 Å². The van der Waals surface area contributed by atoms with Crippen molar-refractivity contribution >= 4 is 21.9 Å². The normalized spacial score (nSPS) is 10.6. The van der Waals surface area contributed by atoms with Gasteiger partial charge in [0.25, 0.3) is 0 Å². The van der Waals surface area contributed by atoms with Crippen molar-refractivity contribution in [3.8, 4) is 11.5 Å². The van der Waals surface area contributed by atoms with Crippen LogP contribution in [0, 0.1) is 6.92 Å². The second kappa shape index (κ2) is 5.30. The first kappa shape index (κ1) is 12.8. The van der Waals surface area contributed by atoms with E-state index in [1.807, 2.05) is 25.1 Å². The minimum absolute atomic E-state index is 0.0172. The van der Waals surface area contributed by atoms with Gasteiger partial charge in [-0.25, -0.2) is 0 Å². The summed E-state index contributed by atoms with van der Waals surface area (Å²) in [5.41, 5.74) is 1.89. The number of rotatable bonds is 4. The predicted molar refractivity (Wildman–Crippen MR) is 68.1 cm³/mol. The summed E-state index contributed by atoms with van der Waals surface area (Å²) in [7, 11) is 0. The van der Waals surface area contributed by atoms with Crippen molar-refractivity contribution in [2.75, 3.05) is 0 Å². The van der Waals surface area contributed by atoms with Crippen LogP contribution < -0.4 is 0 Å². The third kappa shape index (κ3) is 2.95. The lowest BCUT2D eigenvalue weighted by atomic mass is 10.1. The number of aryl methyl sites for hydroxylation is 2. The van der Waals surface area contributed by atoms with Crippen LogP contribution in [0.5, 0.6) is 0 Å². The van der Waals surface area contributed by atoms with E-state index in [1.54, 1.807) is 0 Å². The molecule has 0 spiro atoms. The average molecular weight is 311 g/mol. The summed E-state index contributed by atoms with van der Waals surface area (Å²) in [6.07, 6.45) is 0.225. The summed E-state index contributed by atoms with van der Waals surface area (Å²) < 4.78 is 6.30. The fraction of sp³-hybridized carbons (Fsp3) is 0.250. The summed E-state index contributed by atoms with van der Waals surface area (Å²) in [4.78, 5) is 10.5. The van der Waals surface area contributed by atoms with Gasteiger partial charge >= 0.3 is 5.97 Å². The van der Waals surface area contributed by atoms with E-state index in [0.29, 0.717) is 11.8 Å². The van der Waals surface area contributed by atoms with Crippen molar-refractivity contribution < 1.29 is 14.3 Å². The zero-order valence-electron chi connectivity index (χ0n) is 9.68. The van der Waals surface area contributed by atoms with Gasteiger partial charge in [0.15, 0.2) is 0 Å². The Labute approximate surface area is 112 Å². The Balaban J connectivity index is 2.23. The van der Waals surface area contributed by atoms with Crippen molar-refractivity contribution in [1.82, 2.24) is 10.2 Å². The van der Waals surface area contributed by atoms with Crippen LogP contribution in [-0.4, -0.2) is 21.3 Å². The van der Waals surface area contributed by atoms with Crippen molar-refractivity contribution in [2.45, 2.75) is 19.8 Å².